The van der Waals surface area contributed by atoms with E-state index in [1.54, 1.807) is 6.92 Å². The number of amides is 1. The van der Waals surface area contributed by atoms with Crippen LogP contribution in [0.1, 0.15) is 71.1 Å². The maximum atomic E-state index is 11.2. The highest BCUT2D eigenvalue weighted by atomic mass is 32.1. The number of aliphatic hydroxyl groups is 1. The highest BCUT2D eigenvalue weighted by Gasteiger charge is 1.98. The SMILES string of the molecule is CC(O)OCCOCCOCCCCCCCCCCCNC(=O)CCS. The predicted molar refractivity (Wildman–Crippen MR) is 112 cm³/mol. The van der Waals surface area contributed by atoms with Crippen LogP contribution in [0.25, 0.3) is 0 Å². The molecule has 0 heterocycles. The second kappa shape index (κ2) is 22.0. The molecule has 0 aliphatic heterocycles. The van der Waals surface area contributed by atoms with Crippen molar-refractivity contribution in [1.29, 1.82) is 0 Å². The lowest BCUT2D eigenvalue weighted by atomic mass is 10.1. The van der Waals surface area contributed by atoms with Crippen LogP contribution in [0, 0.1) is 0 Å². The molecule has 0 saturated carbocycles. The van der Waals surface area contributed by atoms with Gasteiger partial charge in [-0.2, -0.15) is 12.6 Å². The largest absolute Gasteiger partial charge is 0.379 e. The Labute approximate surface area is 171 Å². The van der Waals surface area contributed by atoms with Crippen LogP contribution in [0.2, 0.25) is 0 Å². The Morgan fingerprint density at radius 3 is 1.96 bits per heavy atom. The van der Waals surface area contributed by atoms with Crippen molar-refractivity contribution in [3.63, 3.8) is 0 Å². The molecule has 0 bridgehead atoms. The number of nitrogens with one attached hydrogen (secondary N) is 1. The average Bonchev–Trinajstić information content (AvgIpc) is 2.63. The number of unbranched alkanes of at least 4 members (excludes halogenated alkanes) is 8. The van der Waals surface area contributed by atoms with Gasteiger partial charge in [-0.05, 0) is 25.5 Å². The van der Waals surface area contributed by atoms with Crippen molar-refractivity contribution in [2.45, 2.75) is 77.4 Å². The molecule has 0 fully saturated rings. The minimum Gasteiger partial charge on any atom is -0.379 e. The van der Waals surface area contributed by atoms with Crippen molar-refractivity contribution in [3.05, 3.63) is 0 Å². The van der Waals surface area contributed by atoms with Gasteiger partial charge in [-0.15, -0.1) is 0 Å². The lowest BCUT2D eigenvalue weighted by molar-refractivity contribution is -0.120. The van der Waals surface area contributed by atoms with E-state index in [0.29, 0.717) is 38.6 Å². The quantitative estimate of drug-likeness (QED) is 0.155. The highest BCUT2D eigenvalue weighted by molar-refractivity contribution is 7.80. The van der Waals surface area contributed by atoms with Gasteiger partial charge < -0.3 is 24.6 Å². The fourth-order valence-corrected chi connectivity index (χ4v) is 2.79. The third-order valence-corrected chi connectivity index (χ3v) is 4.31. The van der Waals surface area contributed by atoms with Crippen LogP contribution in [0.5, 0.6) is 0 Å². The van der Waals surface area contributed by atoms with Crippen LogP contribution in [-0.4, -0.2) is 62.6 Å². The molecule has 1 amide bonds. The molecule has 27 heavy (non-hydrogen) atoms. The van der Waals surface area contributed by atoms with Crippen LogP contribution < -0.4 is 5.32 Å². The van der Waals surface area contributed by atoms with Gasteiger partial charge in [0.25, 0.3) is 0 Å². The molecule has 1 atom stereocenters. The molecule has 0 aromatic heterocycles. The Morgan fingerprint density at radius 1 is 0.852 bits per heavy atom. The number of rotatable bonds is 21. The van der Waals surface area contributed by atoms with E-state index in [-0.39, 0.29) is 5.91 Å². The minimum absolute atomic E-state index is 0.115. The molecule has 0 aromatic rings. The van der Waals surface area contributed by atoms with E-state index >= 15 is 0 Å². The number of carbonyl (C=O) groups is 1. The smallest absolute Gasteiger partial charge is 0.220 e. The normalized spacial score (nSPS) is 12.3. The molecule has 0 saturated heterocycles. The average molecular weight is 408 g/mol. The molecule has 2 N–H and O–H groups in total. The van der Waals surface area contributed by atoms with Gasteiger partial charge in [0.15, 0.2) is 6.29 Å². The molecule has 162 valence electrons. The summed E-state index contributed by atoms with van der Waals surface area (Å²) in [7, 11) is 0. The maximum Gasteiger partial charge on any atom is 0.220 e. The fourth-order valence-electron chi connectivity index (χ4n) is 2.58. The van der Waals surface area contributed by atoms with Gasteiger partial charge in [0, 0.05) is 19.6 Å². The van der Waals surface area contributed by atoms with Gasteiger partial charge in [0.05, 0.1) is 26.4 Å². The second-order valence-electron chi connectivity index (χ2n) is 6.70. The van der Waals surface area contributed by atoms with Gasteiger partial charge in [-0.1, -0.05) is 44.9 Å². The Balaban J connectivity index is 3.04. The van der Waals surface area contributed by atoms with Gasteiger partial charge in [0.1, 0.15) is 0 Å². The van der Waals surface area contributed by atoms with Crippen molar-refractivity contribution in [2.75, 3.05) is 45.3 Å². The molecule has 0 aliphatic carbocycles. The standard InChI is InChI=1S/C20H41NO5S/c1-19(22)26-17-16-25-15-14-24-13-10-8-6-4-2-3-5-7-9-12-21-20(23)11-18-27/h19,22,27H,2-18H2,1H3,(H,21,23). The zero-order valence-corrected chi connectivity index (χ0v) is 18.0. The second-order valence-corrected chi connectivity index (χ2v) is 7.15. The first-order chi connectivity index (χ1) is 13.2. The topological polar surface area (TPSA) is 77.0 Å². The van der Waals surface area contributed by atoms with Crippen LogP contribution in [0.4, 0.5) is 0 Å². The summed E-state index contributed by atoms with van der Waals surface area (Å²) in [6.45, 7) is 5.26. The first kappa shape index (κ1) is 26.7. The maximum absolute atomic E-state index is 11.2. The molecule has 0 rings (SSSR count). The van der Waals surface area contributed by atoms with E-state index in [4.69, 9.17) is 19.3 Å². The van der Waals surface area contributed by atoms with Crippen molar-refractivity contribution in [3.8, 4) is 0 Å². The molecule has 1 unspecified atom stereocenters. The van der Waals surface area contributed by atoms with E-state index in [9.17, 15) is 4.79 Å². The van der Waals surface area contributed by atoms with E-state index < -0.39 is 6.29 Å². The lowest BCUT2D eigenvalue weighted by Gasteiger charge is -2.08. The summed E-state index contributed by atoms with van der Waals surface area (Å²) in [4.78, 5) is 11.2. The Kier molecular flexibility index (Phi) is 21.7. The monoisotopic (exact) mass is 407 g/mol. The number of carbonyl (C=O) groups excluding carboxylic acids is 1. The van der Waals surface area contributed by atoms with Gasteiger partial charge in [0.2, 0.25) is 5.91 Å². The summed E-state index contributed by atoms with van der Waals surface area (Å²) in [5.41, 5.74) is 0. The predicted octanol–water partition coefficient (Wildman–Crippen LogP) is 3.32. The molecular weight excluding hydrogens is 366 g/mol. The number of hydrogen-bond donors (Lipinski definition) is 3. The van der Waals surface area contributed by atoms with Gasteiger partial charge in [-0.3, -0.25) is 4.79 Å². The van der Waals surface area contributed by atoms with Gasteiger partial charge >= 0.3 is 0 Å². The molecule has 0 radical (unpaired) electrons. The summed E-state index contributed by atoms with van der Waals surface area (Å²) in [5, 5.41) is 11.8. The Morgan fingerprint density at radius 2 is 1.37 bits per heavy atom. The molecule has 0 spiro atoms. The molecule has 0 aromatic carbocycles. The van der Waals surface area contributed by atoms with E-state index in [1.807, 2.05) is 0 Å². The zero-order valence-electron chi connectivity index (χ0n) is 17.1. The summed E-state index contributed by atoms with van der Waals surface area (Å²) in [6, 6.07) is 0. The number of aliphatic hydroxyl groups excluding tert-OH is 1. The van der Waals surface area contributed by atoms with Crippen molar-refractivity contribution in [2.24, 2.45) is 0 Å². The minimum atomic E-state index is -0.730. The number of thiol groups is 1. The van der Waals surface area contributed by atoms with E-state index in [1.165, 1.54) is 44.9 Å². The molecule has 0 aliphatic rings. The third-order valence-electron chi connectivity index (χ3n) is 4.09. The summed E-state index contributed by atoms with van der Waals surface area (Å²) >= 11 is 4.04. The third kappa shape index (κ3) is 23.6. The summed E-state index contributed by atoms with van der Waals surface area (Å²) < 4.78 is 15.8. The summed E-state index contributed by atoms with van der Waals surface area (Å²) in [6.07, 6.45) is 10.8. The Hall–Kier alpha value is -0.340. The first-order valence-electron chi connectivity index (χ1n) is 10.5. The van der Waals surface area contributed by atoms with Crippen molar-refractivity contribution >= 4 is 18.5 Å². The van der Waals surface area contributed by atoms with E-state index in [2.05, 4.69) is 17.9 Å². The van der Waals surface area contributed by atoms with E-state index in [0.717, 1.165) is 26.0 Å². The molecule has 6 nitrogen and oxygen atoms in total. The molecule has 7 heteroatoms. The highest BCUT2D eigenvalue weighted by Crippen LogP contribution is 2.09. The van der Waals surface area contributed by atoms with Crippen LogP contribution in [0.3, 0.4) is 0 Å². The van der Waals surface area contributed by atoms with Crippen LogP contribution in [0.15, 0.2) is 0 Å². The zero-order chi connectivity index (χ0) is 20.0. The van der Waals surface area contributed by atoms with Gasteiger partial charge in [-0.25, -0.2) is 0 Å². The number of ether oxygens (including phenoxy) is 3. The Bertz CT molecular complexity index is 319. The lowest BCUT2D eigenvalue weighted by Crippen LogP contribution is -2.24. The first-order valence-corrected chi connectivity index (χ1v) is 11.1. The number of hydrogen-bond acceptors (Lipinski definition) is 6. The van der Waals surface area contributed by atoms with Crippen molar-refractivity contribution < 1.29 is 24.1 Å². The molecular formula is C20H41NO5S. The van der Waals surface area contributed by atoms with Crippen LogP contribution in [-0.2, 0) is 19.0 Å². The summed E-state index contributed by atoms with van der Waals surface area (Å²) in [5.74, 6) is 0.733. The van der Waals surface area contributed by atoms with Crippen LogP contribution >= 0.6 is 12.6 Å². The fraction of sp³-hybridized carbons (Fsp3) is 0.950. The van der Waals surface area contributed by atoms with Crippen molar-refractivity contribution in [1.82, 2.24) is 5.32 Å².